The molecule has 0 aliphatic carbocycles. The largest absolute Gasteiger partial charge is 0.355 e. The van der Waals surface area contributed by atoms with Gasteiger partial charge in [-0.15, -0.1) is 0 Å². The van der Waals surface area contributed by atoms with Crippen LogP contribution in [0, 0.1) is 11.8 Å². The first-order valence-electron chi connectivity index (χ1n) is 6.91. The van der Waals surface area contributed by atoms with Crippen molar-refractivity contribution < 1.29 is 4.79 Å². The van der Waals surface area contributed by atoms with Crippen LogP contribution in [0.15, 0.2) is 0 Å². The number of amides is 1. The van der Waals surface area contributed by atoms with E-state index in [1.54, 1.807) is 0 Å². The number of hydrogen-bond acceptors (Lipinski definition) is 2. The van der Waals surface area contributed by atoms with E-state index in [1.165, 1.54) is 6.42 Å². The quantitative estimate of drug-likeness (QED) is 0.652. The molecule has 0 fully saturated rings. The smallest absolute Gasteiger partial charge is 0.233 e. The second-order valence-corrected chi connectivity index (χ2v) is 5.79. The summed E-state index contributed by atoms with van der Waals surface area (Å²) in [6, 6.07) is 0.424. The second kappa shape index (κ2) is 9.46. The summed E-state index contributed by atoms with van der Waals surface area (Å²) in [6.45, 7) is 12.2. The van der Waals surface area contributed by atoms with Crippen molar-refractivity contribution in [1.29, 1.82) is 0 Å². The van der Waals surface area contributed by atoms with Gasteiger partial charge in [0.2, 0.25) is 5.91 Å². The topological polar surface area (TPSA) is 41.1 Å². The summed E-state index contributed by atoms with van der Waals surface area (Å²) >= 11 is 0. The van der Waals surface area contributed by atoms with E-state index in [9.17, 15) is 4.79 Å². The fourth-order valence-corrected chi connectivity index (χ4v) is 1.52. The molecule has 0 aliphatic rings. The van der Waals surface area contributed by atoms with Crippen LogP contribution in [0.3, 0.4) is 0 Å². The molecule has 0 aromatic carbocycles. The zero-order valence-electron chi connectivity index (χ0n) is 12.2. The molecule has 0 rings (SSSR count). The maximum absolute atomic E-state index is 11.5. The van der Waals surface area contributed by atoms with Crippen LogP contribution in [-0.2, 0) is 4.79 Å². The summed E-state index contributed by atoms with van der Waals surface area (Å²) in [5.74, 6) is 1.49. The van der Waals surface area contributed by atoms with Crippen molar-refractivity contribution in [2.24, 2.45) is 11.8 Å². The van der Waals surface area contributed by atoms with E-state index in [2.05, 4.69) is 45.3 Å². The van der Waals surface area contributed by atoms with E-state index < -0.39 is 0 Å². The minimum Gasteiger partial charge on any atom is -0.355 e. The lowest BCUT2D eigenvalue weighted by molar-refractivity contribution is -0.120. The van der Waals surface area contributed by atoms with E-state index in [0.29, 0.717) is 18.5 Å². The van der Waals surface area contributed by atoms with Crippen molar-refractivity contribution in [3.63, 3.8) is 0 Å². The van der Waals surface area contributed by atoms with Gasteiger partial charge in [-0.3, -0.25) is 4.79 Å². The second-order valence-electron chi connectivity index (χ2n) is 5.79. The van der Waals surface area contributed by atoms with E-state index in [-0.39, 0.29) is 5.91 Å². The Bertz CT molecular complexity index is 202. The van der Waals surface area contributed by atoms with Crippen LogP contribution >= 0.6 is 0 Å². The Labute approximate surface area is 107 Å². The van der Waals surface area contributed by atoms with E-state index in [1.807, 2.05) is 0 Å². The highest BCUT2D eigenvalue weighted by atomic mass is 16.1. The number of carbonyl (C=O) groups excluding carboxylic acids is 1. The summed E-state index contributed by atoms with van der Waals surface area (Å²) in [7, 11) is 0. The molecular formula is C14H30N2O. The Morgan fingerprint density at radius 3 is 2.06 bits per heavy atom. The van der Waals surface area contributed by atoms with Gasteiger partial charge < -0.3 is 10.6 Å². The number of carbonyl (C=O) groups is 1. The third-order valence-electron chi connectivity index (χ3n) is 2.83. The molecule has 102 valence electrons. The molecule has 1 amide bonds. The Morgan fingerprint density at radius 2 is 1.53 bits per heavy atom. The fourth-order valence-electron chi connectivity index (χ4n) is 1.52. The standard InChI is InChI=1S/C14H30N2O/c1-11(2)6-7-13(5)16-10-14(17)15-9-8-12(3)4/h11-13,16H,6-10H2,1-5H3,(H,15,17). The average molecular weight is 242 g/mol. The third kappa shape index (κ3) is 11.7. The van der Waals surface area contributed by atoms with Crippen molar-refractivity contribution in [2.75, 3.05) is 13.1 Å². The first-order valence-corrected chi connectivity index (χ1v) is 6.91. The minimum absolute atomic E-state index is 0.113. The zero-order valence-corrected chi connectivity index (χ0v) is 12.2. The molecule has 3 nitrogen and oxygen atoms in total. The lowest BCUT2D eigenvalue weighted by Crippen LogP contribution is -2.38. The SMILES string of the molecule is CC(C)CCNC(=O)CNC(C)CCC(C)C. The lowest BCUT2D eigenvalue weighted by Gasteiger charge is -2.15. The summed E-state index contributed by atoms with van der Waals surface area (Å²) < 4.78 is 0. The van der Waals surface area contributed by atoms with Crippen molar-refractivity contribution in [2.45, 2.75) is 59.9 Å². The monoisotopic (exact) mass is 242 g/mol. The normalized spacial score (nSPS) is 13.1. The molecule has 0 bridgehead atoms. The van der Waals surface area contributed by atoms with Gasteiger partial charge in [0.05, 0.1) is 6.54 Å². The molecule has 0 aliphatic heterocycles. The van der Waals surface area contributed by atoms with Gasteiger partial charge in [-0.1, -0.05) is 27.7 Å². The molecule has 0 aromatic heterocycles. The van der Waals surface area contributed by atoms with Crippen LogP contribution < -0.4 is 10.6 Å². The zero-order chi connectivity index (χ0) is 13.3. The first-order chi connectivity index (χ1) is 7.91. The van der Waals surface area contributed by atoms with Gasteiger partial charge in [0.15, 0.2) is 0 Å². The van der Waals surface area contributed by atoms with Crippen LogP contribution in [0.2, 0.25) is 0 Å². The molecule has 0 saturated carbocycles. The Kier molecular flexibility index (Phi) is 9.14. The van der Waals surface area contributed by atoms with Crippen LogP contribution in [0.5, 0.6) is 0 Å². The highest BCUT2D eigenvalue weighted by Gasteiger charge is 2.06. The molecule has 1 atom stereocenters. The van der Waals surface area contributed by atoms with Gasteiger partial charge >= 0.3 is 0 Å². The maximum atomic E-state index is 11.5. The molecule has 2 N–H and O–H groups in total. The van der Waals surface area contributed by atoms with E-state index in [0.717, 1.165) is 25.3 Å². The molecule has 0 heterocycles. The Morgan fingerprint density at radius 1 is 0.941 bits per heavy atom. The lowest BCUT2D eigenvalue weighted by atomic mass is 10.0. The molecule has 17 heavy (non-hydrogen) atoms. The molecule has 0 saturated heterocycles. The van der Waals surface area contributed by atoms with Crippen LogP contribution in [0.4, 0.5) is 0 Å². The third-order valence-corrected chi connectivity index (χ3v) is 2.83. The summed E-state index contributed by atoms with van der Waals surface area (Å²) in [5.41, 5.74) is 0. The Balaban J connectivity index is 3.48. The minimum atomic E-state index is 0.113. The van der Waals surface area contributed by atoms with Gasteiger partial charge in [0, 0.05) is 12.6 Å². The van der Waals surface area contributed by atoms with Crippen molar-refractivity contribution in [1.82, 2.24) is 10.6 Å². The summed E-state index contributed by atoms with van der Waals surface area (Å²) in [4.78, 5) is 11.5. The summed E-state index contributed by atoms with van der Waals surface area (Å²) in [5, 5.41) is 6.20. The van der Waals surface area contributed by atoms with Crippen LogP contribution in [0.1, 0.15) is 53.9 Å². The first kappa shape index (κ1) is 16.4. The van der Waals surface area contributed by atoms with Gasteiger partial charge in [-0.05, 0) is 38.0 Å². The highest BCUT2D eigenvalue weighted by molar-refractivity contribution is 5.77. The fraction of sp³-hybridized carbons (Fsp3) is 0.929. The van der Waals surface area contributed by atoms with Crippen molar-refractivity contribution >= 4 is 5.91 Å². The van der Waals surface area contributed by atoms with E-state index >= 15 is 0 Å². The molecule has 3 heteroatoms. The Hall–Kier alpha value is -0.570. The van der Waals surface area contributed by atoms with E-state index in [4.69, 9.17) is 0 Å². The predicted octanol–water partition coefficient (Wildman–Crippen LogP) is 2.56. The maximum Gasteiger partial charge on any atom is 0.233 e. The van der Waals surface area contributed by atoms with Gasteiger partial charge in [-0.25, -0.2) is 0 Å². The van der Waals surface area contributed by atoms with Crippen molar-refractivity contribution in [3.8, 4) is 0 Å². The average Bonchev–Trinajstić information content (AvgIpc) is 2.23. The molecule has 0 aromatic rings. The molecule has 0 spiro atoms. The predicted molar refractivity (Wildman–Crippen MR) is 74.0 cm³/mol. The van der Waals surface area contributed by atoms with Gasteiger partial charge in [0.25, 0.3) is 0 Å². The highest BCUT2D eigenvalue weighted by Crippen LogP contribution is 2.05. The molecular weight excluding hydrogens is 212 g/mol. The van der Waals surface area contributed by atoms with Crippen LogP contribution in [-0.4, -0.2) is 25.0 Å². The molecule has 1 unspecified atom stereocenters. The van der Waals surface area contributed by atoms with Gasteiger partial charge in [0.1, 0.15) is 0 Å². The number of rotatable bonds is 9. The number of nitrogens with one attached hydrogen (secondary N) is 2. The number of hydrogen-bond donors (Lipinski definition) is 2. The molecule has 0 radical (unpaired) electrons. The summed E-state index contributed by atoms with van der Waals surface area (Å²) in [6.07, 6.45) is 3.40. The van der Waals surface area contributed by atoms with Crippen molar-refractivity contribution in [3.05, 3.63) is 0 Å². The van der Waals surface area contributed by atoms with Crippen LogP contribution in [0.25, 0.3) is 0 Å². The van der Waals surface area contributed by atoms with Gasteiger partial charge in [-0.2, -0.15) is 0 Å².